The molecule has 0 aliphatic rings. The highest BCUT2D eigenvalue weighted by molar-refractivity contribution is 5.87. The summed E-state index contributed by atoms with van der Waals surface area (Å²) in [5, 5.41) is 3.20. The van der Waals surface area contributed by atoms with Crippen LogP contribution in [0.4, 0.5) is 0 Å². The fourth-order valence-electron chi connectivity index (χ4n) is 1.26. The SMILES string of the molecule is CCNC(C)(C)C(=O)CC(C)CC. The molecule has 0 bridgehead atoms. The van der Waals surface area contributed by atoms with E-state index in [0.717, 1.165) is 13.0 Å². The molecule has 1 unspecified atom stereocenters. The summed E-state index contributed by atoms with van der Waals surface area (Å²) in [6.45, 7) is 11.0. The Bertz CT molecular complexity index is 163. The standard InChI is InChI=1S/C11H23NO/c1-6-9(3)8-10(13)11(4,5)12-7-2/h9,12H,6-8H2,1-5H3. The Morgan fingerprint density at radius 2 is 1.92 bits per heavy atom. The zero-order valence-corrected chi connectivity index (χ0v) is 9.61. The molecule has 0 spiro atoms. The van der Waals surface area contributed by atoms with Crippen LogP contribution in [0, 0.1) is 5.92 Å². The first-order chi connectivity index (χ1) is 5.94. The normalized spacial score (nSPS) is 14.2. The van der Waals surface area contributed by atoms with E-state index in [1.54, 1.807) is 0 Å². The monoisotopic (exact) mass is 185 g/mol. The Hall–Kier alpha value is -0.370. The lowest BCUT2D eigenvalue weighted by Crippen LogP contribution is -2.47. The summed E-state index contributed by atoms with van der Waals surface area (Å²) in [5.74, 6) is 0.828. The van der Waals surface area contributed by atoms with Crippen molar-refractivity contribution in [2.75, 3.05) is 6.54 Å². The quantitative estimate of drug-likeness (QED) is 0.688. The summed E-state index contributed by atoms with van der Waals surface area (Å²) in [5.41, 5.74) is -0.349. The Kier molecular flexibility index (Phi) is 5.23. The lowest BCUT2D eigenvalue weighted by Gasteiger charge is -2.25. The van der Waals surface area contributed by atoms with Crippen molar-refractivity contribution in [1.29, 1.82) is 0 Å². The van der Waals surface area contributed by atoms with E-state index in [9.17, 15) is 4.79 Å². The van der Waals surface area contributed by atoms with Gasteiger partial charge in [0.15, 0.2) is 5.78 Å². The number of hydrogen-bond acceptors (Lipinski definition) is 2. The summed E-state index contributed by atoms with van der Waals surface area (Å²) < 4.78 is 0. The zero-order valence-electron chi connectivity index (χ0n) is 9.61. The molecule has 1 N–H and O–H groups in total. The first-order valence-corrected chi connectivity index (χ1v) is 5.22. The van der Waals surface area contributed by atoms with Crippen LogP contribution >= 0.6 is 0 Å². The van der Waals surface area contributed by atoms with E-state index in [4.69, 9.17) is 0 Å². The number of ketones is 1. The number of rotatable bonds is 6. The number of hydrogen-bond donors (Lipinski definition) is 1. The minimum absolute atomic E-state index is 0.323. The molecule has 2 nitrogen and oxygen atoms in total. The first kappa shape index (κ1) is 12.6. The molecule has 0 aliphatic heterocycles. The van der Waals surface area contributed by atoms with Crippen molar-refractivity contribution in [3.63, 3.8) is 0 Å². The van der Waals surface area contributed by atoms with Gasteiger partial charge in [0.1, 0.15) is 0 Å². The van der Waals surface area contributed by atoms with Crippen LogP contribution in [0.5, 0.6) is 0 Å². The number of Topliss-reactive ketones (excluding diaryl/α,β-unsaturated/α-hetero) is 1. The van der Waals surface area contributed by atoms with Crippen molar-refractivity contribution >= 4 is 5.78 Å². The third-order valence-corrected chi connectivity index (χ3v) is 2.55. The van der Waals surface area contributed by atoms with E-state index in [1.807, 2.05) is 20.8 Å². The molecule has 2 heteroatoms. The second-order valence-corrected chi connectivity index (χ2v) is 4.30. The summed E-state index contributed by atoms with van der Waals surface area (Å²) in [4.78, 5) is 11.8. The molecular formula is C11H23NO. The van der Waals surface area contributed by atoms with Gasteiger partial charge in [0, 0.05) is 6.42 Å². The minimum Gasteiger partial charge on any atom is -0.306 e. The number of nitrogens with one attached hydrogen (secondary N) is 1. The van der Waals surface area contributed by atoms with Gasteiger partial charge in [0.2, 0.25) is 0 Å². The molecule has 0 amide bonds. The van der Waals surface area contributed by atoms with Gasteiger partial charge in [-0.1, -0.05) is 27.2 Å². The van der Waals surface area contributed by atoms with Crippen molar-refractivity contribution in [1.82, 2.24) is 5.32 Å². The Balaban J connectivity index is 4.08. The summed E-state index contributed by atoms with van der Waals surface area (Å²) in [6.07, 6.45) is 1.77. The fourth-order valence-corrected chi connectivity index (χ4v) is 1.26. The lowest BCUT2D eigenvalue weighted by atomic mass is 9.90. The molecule has 0 fully saturated rings. The van der Waals surface area contributed by atoms with Crippen molar-refractivity contribution in [3.8, 4) is 0 Å². The van der Waals surface area contributed by atoms with E-state index in [2.05, 4.69) is 19.2 Å². The first-order valence-electron chi connectivity index (χ1n) is 5.22. The zero-order chi connectivity index (χ0) is 10.5. The maximum atomic E-state index is 11.8. The van der Waals surface area contributed by atoms with Crippen molar-refractivity contribution in [2.24, 2.45) is 5.92 Å². The predicted molar refractivity (Wildman–Crippen MR) is 56.8 cm³/mol. The van der Waals surface area contributed by atoms with Gasteiger partial charge >= 0.3 is 0 Å². The highest BCUT2D eigenvalue weighted by Crippen LogP contribution is 2.14. The Morgan fingerprint density at radius 3 is 2.31 bits per heavy atom. The summed E-state index contributed by atoms with van der Waals surface area (Å²) in [7, 11) is 0. The van der Waals surface area contributed by atoms with E-state index in [1.165, 1.54) is 0 Å². The molecule has 0 saturated carbocycles. The van der Waals surface area contributed by atoms with Crippen LogP contribution in [0.25, 0.3) is 0 Å². The van der Waals surface area contributed by atoms with Gasteiger partial charge in [-0.05, 0) is 26.3 Å². The molecule has 0 saturated heterocycles. The van der Waals surface area contributed by atoms with Crippen LogP contribution in [0.1, 0.15) is 47.5 Å². The molecule has 0 aromatic carbocycles. The highest BCUT2D eigenvalue weighted by atomic mass is 16.1. The van der Waals surface area contributed by atoms with Gasteiger partial charge in [-0.15, -0.1) is 0 Å². The summed E-state index contributed by atoms with van der Waals surface area (Å²) in [6, 6.07) is 0. The molecular weight excluding hydrogens is 162 g/mol. The van der Waals surface area contributed by atoms with Crippen LogP contribution in [0.15, 0.2) is 0 Å². The van der Waals surface area contributed by atoms with E-state index in [-0.39, 0.29) is 5.54 Å². The molecule has 0 radical (unpaired) electrons. The topological polar surface area (TPSA) is 29.1 Å². The van der Waals surface area contributed by atoms with Gasteiger partial charge < -0.3 is 5.32 Å². The van der Waals surface area contributed by atoms with Crippen molar-refractivity contribution in [3.05, 3.63) is 0 Å². The number of likely N-dealkylation sites (N-methyl/N-ethyl adjacent to an activating group) is 1. The van der Waals surface area contributed by atoms with Gasteiger partial charge in [-0.2, -0.15) is 0 Å². The molecule has 0 heterocycles. The molecule has 0 aromatic rings. The van der Waals surface area contributed by atoms with E-state index in [0.29, 0.717) is 18.1 Å². The van der Waals surface area contributed by atoms with Gasteiger partial charge in [-0.25, -0.2) is 0 Å². The third kappa shape index (κ3) is 4.41. The lowest BCUT2D eigenvalue weighted by molar-refractivity contribution is -0.125. The molecule has 78 valence electrons. The number of carbonyl (C=O) groups is 1. The second kappa shape index (κ2) is 5.38. The molecule has 0 rings (SSSR count). The average molecular weight is 185 g/mol. The Labute approximate surface area is 82.1 Å². The van der Waals surface area contributed by atoms with E-state index >= 15 is 0 Å². The molecule has 13 heavy (non-hydrogen) atoms. The van der Waals surface area contributed by atoms with Gasteiger partial charge in [0.05, 0.1) is 5.54 Å². The molecule has 0 aliphatic carbocycles. The predicted octanol–water partition coefficient (Wildman–Crippen LogP) is 2.38. The fraction of sp³-hybridized carbons (Fsp3) is 0.909. The molecule has 1 atom stereocenters. The largest absolute Gasteiger partial charge is 0.306 e. The van der Waals surface area contributed by atoms with Crippen LogP contribution in [-0.4, -0.2) is 17.9 Å². The van der Waals surface area contributed by atoms with Crippen molar-refractivity contribution in [2.45, 2.75) is 53.0 Å². The van der Waals surface area contributed by atoms with E-state index < -0.39 is 0 Å². The molecule has 0 aromatic heterocycles. The maximum Gasteiger partial charge on any atom is 0.152 e. The maximum absolute atomic E-state index is 11.8. The Morgan fingerprint density at radius 1 is 1.38 bits per heavy atom. The van der Waals surface area contributed by atoms with Crippen LogP contribution in [0.2, 0.25) is 0 Å². The average Bonchev–Trinajstić information content (AvgIpc) is 2.04. The minimum atomic E-state index is -0.349. The summed E-state index contributed by atoms with van der Waals surface area (Å²) >= 11 is 0. The van der Waals surface area contributed by atoms with Crippen molar-refractivity contribution < 1.29 is 4.79 Å². The van der Waals surface area contributed by atoms with Gasteiger partial charge in [0.25, 0.3) is 0 Å². The van der Waals surface area contributed by atoms with Gasteiger partial charge in [-0.3, -0.25) is 4.79 Å². The van der Waals surface area contributed by atoms with Crippen LogP contribution < -0.4 is 5.32 Å². The van der Waals surface area contributed by atoms with Crippen LogP contribution in [-0.2, 0) is 4.79 Å². The highest BCUT2D eigenvalue weighted by Gasteiger charge is 2.26. The van der Waals surface area contributed by atoms with Crippen LogP contribution in [0.3, 0.4) is 0 Å². The third-order valence-electron chi connectivity index (χ3n) is 2.55. The number of carbonyl (C=O) groups excluding carboxylic acids is 1. The second-order valence-electron chi connectivity index (χ2n) is 4.30. The smallest absolute Gasteiger partial charge is 0.152 e.